The number of carbonyl (C=O) groups excluding carboxylic acids is 1. The number of nitrogens with zero attached hydrogens (tertiary/aromatic N) is 1. The van der Waals surface area contributed by atoms with E-state index in [2.05, 4.69) is 37.4 Å². The fraction of sp³-hybridized carbons (Fsp3) is 0.381. The summed E-state index contributed by atoms with van der Waals surface area (Å²) in [5.74, 6) is 1.91. The van der Waals surface area contributed by atoms with Crippen LogP contribution in [0.15, 0.2) is 30.3 Å². The zero-order valence-corrected chi connectivity index (χ0v) is 15.5. The van der Waals surface area contributed by atoms with Crippen LogP contribution >= 0.6 is 0 Å². The highest BCUT2D eigenvalue weighted by atomic mass is 16.7. The van der Waals surface area contributed by atoms with E-state index in [-0.39, 0.29) is 12.8 Å². The van der Waals surface area contributed by atoms with E-state index in [1.54, 1.807) is 0 Å². The number of hydrogen-bond acceptors (Lipinski definition) is 3. The summed E-state index contributed by atoms with van der Waals surface area (Å²) >= 11 is 0. The average Bonchev–Trinajstić information content (AvgIpc) is 3.07. The second-order valence-electron chi connectivity index (χ2n) is 7.26. The van der Waals surface area contributed by atoms with Crippen molar-refractivity contribution in [3.63, 3.8) is 0 Å². The van der Waals surface area contributed by atoms with Crippen LogP contribution < -0.4 is 14.8 Å². The summed E-state index contributed by atoms with van der Waals surface area (Å²) in [6.45, 7) is 8.00. The molecule has 2 aromatic carbocycles. The molecule has 26 heavy (non-hydrogen) atoms. The van der Waals surface area contributed by atoms with E-state index < -0.39 is 0 Å². The molecule has 2 amide bonds. The number of ether oxygens (including phenoxy) is 2. The first-order chi connectivity index (χ1) is 12.5. The molecule has 0 radical (unpaired) electrons. The van der Waals surface area contributed by atoms with Gasteiger partial charge in [-0.25, -0.2) is 4.79 Å². The van der Waals surface area contributed by atoms with Gasteiger partial charge in [-0.2, -0.15) is 0 Å². The van der Waals surface area contributed by atoms with Gasteiger partial charge in [0.2, 0.25) is 6.79 Å². The summed E-state index contributed by atoms with van der Waals surface area (Å²) in [6.07, 6.45) is 0.900. The molecule has 0 unspecified atom stereocenters. The van der Waals surface area contributed by atoms with Crippen molar-refractivity contribution in [1.29, 1.82) is 0 Å². The lowest BCUT2D eigenvalue weighted by Crippen LogP contribution is -2.39. The van der Waals surface area contributed by atoms with Crippen molar-refractivity contribution in [2.45, 2.75) is 39.7 Å². The van der Waals surface area contributed by atoms with Crippen LogP contribution in [0.3, 0.4) is 0 Å². The molecule has 1 N–H and O–H groups in total. The van der Waals surface area contributed by atoms with Crippen molar-refractivity contribution < 1.29 is 14.3 Å². The van der Waals surface area contributed by atoms with Crippen LogP contribution in [-0.2, 0) is 13.0 Å². The molecule has 2 heterocycles. The third-order valence-electron chi connectivity index (χ3n) is 5.17. The van der Waals surface area contributed by atoms with Crippen LogP contribution in [-0.4, -0.2) is 24.3 Å². The van der Waals surface area contributed by atoms with E-state index in [9.17, 15) is 4.79 Å². The highest BCUT2D eigenvalue weighted by molar-refractivity contribution is 5.91. The number of fused-ring (bicyclic) bond motifs is 2. The SMILES string of the molecule is Cc1cc2c(cc1NC(=O)N1CCc3c(cccc3C(C)C)C1)OCO2. The van der Waals surface area contributed by atoms with Crippen molar-refractivity contribution in [2.24, 2.45) is 0 Å². The minimum absolute atomic E-state index is 0.0763. The van der Waals surface area contributed by atoms with Gasteiger partial charge in [-0.05, 0) is 47.6 Å². The quantitative estimate of drug-likeness (QED) is 0.869. The van der Waals surface area contributed by atoms with Crippen LogP contribution in [0.1, 0.15) is 42.0 Å². The zero-order chi connectivity index (χ0) is 18.3. The first-order valence-electron chi connectivity index (χ1n) is 9.09. The molecule has 0 aliphatic carbocycles. The molecule has 0 aromatic heterocycles. The number of amides is 2. The predicted octanol–water partition coefficient (Wildman–Crippen LogP) is 4.44. The number of benzene rings is 2. The second kappa shape index (κ2) is 6.56. The number of hydrogen-bond donors (Lipinski definition) is 1. The fourth-order valence-corrected chi connectivity index (χ4v) is 3.73. The second-order valence-corrected chi connectivity index (χ2v) is 7.26. The van der Waals surface area contributed by atoms with Crippen LogP contribution in [0.5, 0.6) is 11.5 Å². The number of rotatable bonds is 2. The van der Waals surface area contributed by atoms with Gasteiger partial charge >= 0.3 is 6.03 Å². The number of nitrogens with one attached hydrogen (secondary N) is 1. The Morgan fingerprint density at radius 1 is 1.19 bits per heavy atom. The first kappa shape index (κ1) is 16.8. The Hall–Kier alpha value is -2.69. The smallest absolute Gasteiger partial charge is 0.322 e. The summed E-state index contributed by atoms with van der Waals surface area (Å²) in [7, 11) is 0. The molecule has 0 saturated carbocycles. The molecular weight excluding hydrogens is 328 g/mol. The monoisotopic (exact) mass is 352 g/mol. The van der Waals surface area contributed by atoms with Gasteiger partial charge < -0.3 is 19.7 Å². The van der Waals surface area contributed by atoms with Gasteiger partial charge in [-0.15, -0.1) is 0 Å². The molecule has 0 saturated heterocycles. The van der Waals surface area contributed by atoms with Gasteiger partial charge in [0.1, 0.15) is 0 Å². The number of urea groups is 1. The predicted molar refractivity (Wildman–Crippen MR) is 101 cm³/mol. The number of carbonyl (C=O) groups is 1. The molecule has 136 valence electrons. The van der Waals surface area contributed by atoms with E-state index in [0.717, 1.165) is 30.0 Å². The van der Waals surface area contributed by atoms with Crippen LogP contribution in [0.25, 0.3) is 0 Å². The molecule has 0 fully saturated rings. The Bertz CT molecular complexity index is 861. The summed E-state index contributed by atoms with van der Waals surface area (Å²) in [5, 5.41) is 3.03. The summed E-state index contributed by atoms with van der Waals surface area (Å²) < 4.78 is 10.8. The third kappa shape index (κ3) is 2.98. The zero-order valence-electron chi connectivity index (χ0n) is 15.5. The average molecular weight is 352 g/mol. The van der Waals surface area contributed by atoms with Crippen molar-refractivity contribution in [2.75, 3.05) is 18.7 Å². The lowest BCUT2D eigenvalue weighted by atomic mass is 9.89. The van der Waals surface area contributed by atoms with E-state index in [1.807, 2.05) is 24.0 Å². The van der Waals surface area contributed by atoms with Gasteiger partial charge in [0.15, 0.2) is 11.5 Å². The van der Waals surface area contributed by atoms with E-state index >= 15 is 0 Å². The van der Waals surface area contributed by atoms with Gasteiger partial charge in [-0.3, -0.25) is 0 Å². The summed E-state index contributed by atoms with van der Waals surface area (Å²) in [4.78, 5) is 14.7. The van der Waals surface area contributed by atoms with Crippen LogP contribution in [0.4, 0.5) is 10.5 Å². The van der Waals surface area contributed by atoms with E-state index in [0.29, 0.717) is 18.2 Å². The molecule has 0 spiro atoms. The van der Waals surface area contributed by atoms with Crippen LogP contribution in [0, 0.1) is 6.92 Å². The Morgan fingerprint density at radius 2 is 1.96 bits per heavy atom. The third-order valence-corrected chi connectivity index (χ3v) is 5.17. The van der Waals surface area contributed by atoms with Crippen molar-refractivity contribution in [3.8, 4) is 11.5 Å². The maximum Gasteiger partial charge on any atom is 0.322 e. The molecule has 4 rings (SSSR count). The maximum atomic E-state index is 12.8. The fourth-order valence-electron chi connectivity index (χ4n) is 3.73. The Labute approximate surface area is 153 Å². The first-order valence-corrected chi connectivity index (χ1v) is 9.09. The Balaban J connectivity index is 1.51. The van der Waals surface area contributed by atoms with Crippen molar-refractivity contribution in [1.82, 2.24) is 4.90 Å². The molecule has 2 aromatic rings. The molecule has 0 bridgehead atoms. The number of anilines is 1. The van der Waals surface area contributed by atoms with Gasteiger partial charge in [0.05, 0.1) is 0 Å². The van der Waals surface area contributed by atoms with Gasteiger partial charge in [0, 0.05) is 24.8 Å². The standard InChI is InChI=1S/C21H24N2O3/c1-13(2)16-6-4-5-15-11-23(8-7-17(15)16)21(24)22-18-10-20-19(9-14(18)3)25-12-26-20/h4-6,9-10,13H,7-8,11-12H2,1-3H3,(H,22,24). The highest BCUT2D eigenvalue weighted by Gasteiger charge is 2.24. The van der Waals surface area contributed by atoms with Gasteiger partial charge in [-0.1, -0.05) is 32.0 Å². The molecule has 2 aliphatic heterocycles. The Morgan fingerprint density at radius 3 is 2.73 bits per heavy atom. The van der Waals surface area contributed by atoms with E-state index in [1.165, 1.54) is 16.7 Å². The topological polar surface area (TPSA) is 50.8 Å². The van der Waals surface area contributed by atoms with Crippen LogP contribution in [0.2, 0.25) is 0 Å². The molecule has 0 atom stereocenters. The minimum atomic E-state index is -0.0763. The van der Waals surface area contributed by atoms with Gasteiger partial charge in [0.25, 0.3) is 0 Å². The maximum absolute atomic E-state index is 12.8. The molecule has 5 nitrogen and oxygen atoms in total. The summed E-state index contributed by atoms with van der Waals surface area (Å²) in [5.41, 5.74) is 5.78. The molecular formula is C21H24N2O3. The highest BCUT2D eigenvalue weighted by Crippen LogP contribution is 2.37. The largest absolute Gasteiger partial charge is 0.454 e. The lowest BCUT2D eigenvalue weighted by Gasteiger charge is -2.31. The van der Waals surface area contributed by atoms with Crippen molar-refractivity contribution in [3.05, 3.63) is 52.6 Å². The molecule has 5 heteroatoms. The summed E-state index contributed by atoms with van der Waals surface area (Å²) in [6, 6.07) is 10.1. The lowest BCUT2D eigenvalue weighted by molar-refractivity contribution is 0.174. The molecule has 2 aliphatic rings. The van der Waals surface area contributed by atoms with Crippen molar-refractivity contribution >= 4 is 11.7 Å². The van der Waals surface area contributed by atoms with E-state index in [4.69, 9.17) is 9.47 Å². The number of aryl methyl sites for hydroxylation is 1. The normalized spacial score (nSPS) is 15.2. The Kier molecular flexibility index (Phi) is 4.23. The minimum Gasteiger partial charge on any atom is -0.454 e.